The van der Waals surface area contributed by atoms with Gasteiger partial charge in [-0.25, -0.2) is 9.37 Å². The summed E-state index contributed by atoms with van der Waals surface area (Å²) in [6, 6.07) is 7.77. The van der Waals surface area contributed by atoms with Gasteiger partial charge in [0, 0.05) is 18.4 Å². The van der Waals surface area contributed by atoms with Gasteiger partial charge in [-0.3, -0.25) is 0 Å². The van der Waals surface area contributed by atoms with E-state index in [1.807, 2.05) is 0 Å². The fourth-order valence-corrected chi connectivity index (χ4v) is 1.36. The topological polar surface area (TPSA) is 49.8 Å². The molecule has 0 unspecified atom stereocenters. The minimum absolute atomic E-state index is 0.275. The van der Waals surface area contributed by atoms with Crippen molar-refractivity contribution in [2.45, 2.75) is 0 Å². The third-order valence-electron chi connectivity index (χ3n) is 2.18. The summed E-state index contributed by atoms with van der Waals surface area (Å²) in [6.07, 6.45) is 3.39. The first kappa shape index (κ1) is 12.0. The van der Waals surface area contributed by atoms with Crippen molar-refractivity contribution in [3.8, 4) is 0 Å². The van der Waals surface area contributed by atoms with Gasteiger partial charge in [-0.2, -0.15) is 4.98 Å². The molecule has 0 bridgehead atoms. The van der Waals surface area contributed by atoms with E-state index in [-0.39, 0.29) is 5.82 Å². The van der Waals surface area contributed by atoms with Crippen molar-refractivity contribution >= 4 is 17.5 Å². The van der Waals surface area contributed by atoms with Crippen LogP contribution in [0.1, 0.15) is 0 Å². The molecule has 4 nitrogen and oxygen atoms in total. The monoisotopic (exact) mass is 244 g/mol. The summed E-state index contributed by atoms with van der Waals surface area (Å²) in [5.41, 5.74) is 0.734. The lowest BCUT2D eigenvalue weighted by Gasteiger charge is -2.06. The molecule has 1 aromatic heterocycles. The molecule has 0 radical (unpaired) electrons. The van der Waals surface area contributed by atoms with Crippen LogP contribution in [0.3, 0.4) is 0 Å². The van der Waals surface area contributed by atoms with Gasteiger partial charge in [0.15, 0.2) is 0 Å². The zero-order chi connectivity index (χ0) is 12.8. The molecular formula is C13H13FN4. The normalized spacial score (nSPS) is 9.83. The number of hydrogen-bond acceptors (Lipinski definition) is 4. The highest BCUT2D eigenvalue weighted by molar-refractivity contribution is 5.54. The van der Waals surface area contributed by atoms with Crippen LogP contribution in [0.15, 0.2) is 49.2 Å². The Labute approximate surface area is 105 Å². The molecule has 18 heavy (non-hydrogen) atoms. The van der Waals surface area contributed by atoms with E-state index in [9.17, 15) is 4.39 Å². The molecule has 0 saturated carbocycles. The molecule has 0 atom stereocenters. The van der Waals surface area contributed by atoms with E-state index >= 15 is 0 Å². The van der Waals surface area contributed by atoms with Crippen LogP contribution < -0.4 is 10.6 Å². The lowest BCUT2D eigenvalue weighted by atomic mass is 10.3. The molecule has 0 aliphatic rings. The molecule has 2 N–H and O–H groups in total. The van der Waals surface area contributed by atoms with Crippen LogP contribution in [0.25, 0.3) is 0 Å². The molecule has 0 saturated heterocycles. The van der Waals surface area contributed by atoms with Crippen LogP contribution in [0.2, 0.25) is 0 Å². The van der Waals surface area contributed by atoms with E-state index in [4.69, 9.17) is 0 Å². The van der Waals surface area contributed by atoms with Gasteiger partial charge < -0.3 is 10.6 Å². The zero-order valence-corrected chi connectivity index (χ0v) is 9.73. The van der Waals surface area contributed by atoms with Gasteiger partial charge in [-0.1, -0.05) is 6.08 Å². The molecule has 0 fully saturated rings. The molecule has 5 heteroatoms. The Morgan fingerprint density at radius 1 is 1.22 bits per heavy atom. The smallest absolute Gasteiger partial charge is 0.229 e. The number of halogens is 1. The molecular weight excluding hydrogens is 231 g/mol. The van der Waals surface area contributed by atoms with Crippen LogP contribution in [-0.2, 0) is 0 Å². The quantitative estimate of drug-likeness (QED) is 0.794. The second-order valence-electron chi connectivity index (χ2n) is 3.57. The van der Waals surface area contributed by atoms with Crippen molar-refractivity contribution in [1.82, 2.24) is 9.97 Å². The van der Waals surface area contributed by atoms with E-state index in [2.05, 4.69) is 27.2 Å². The van der Waals surface area contributed by atoms with Gasteiger partial charge in [0.1, 0.15) is 11.6 Å². The van der Waals surface area contributed by atoms with Crippen molar-refractivity contribution < 1.29 is 4.39 Å². The van der Waals surface area contributed by atoms with Crippen molar-refractivity contribution in [2.24, 2.45) is 0 Å². The number of nitrogens with zero attached hydrogens (tertiary/aromatic N) is 2. The Hall–Kier alpha value is -2.43. The van der Waals surface area contributed by atoms with Crippen LogP contribution in [-0.4, -0.2) is 16.5 Å². The summed E-state index contributed by atoms with van der Waals surface area (Å²) in [5, 5.41) is 6.05. The fraction of sp³-hybridized carbons (Fsp3) is 0.0769. The Bertz CT molecular complexity index is 525. The van der Waals surface area contributed by atoms with Gasteiger partial charge in [0.2, 0.25) is 5.95 Å². The lowest BCUT2D eigenvalue weighted by Crippen LogP contribution is -2.03. The van der Waals surface area contributed by atoms with Gasteiger partial charge in [-0.05, 0) is 30.3 Å². The number of rotatable bonds is 5. The second-order valence-corrected chi connectivity index (χ2v) is 3.57. The average Bonchev–Trinajstić information content (AvgIpc) is 2.40. The number of nitrogens with one attached hydrogen (secondary N) is 2. The van der Waals surface area contributed by atoms with Crippen molar-refractivity contribution in [3.63, 3.8) is 0 Å². The summed E-state index contributed by atoms with van der Waals surface area (Å²) in [4.78, 5) is 8.34. The van der Waals surface area contributed by atoms with Crippen LogP contribution >= 0.6 is 0 Å². The highest BCUT2D eigenvalue weighted by atomic mass is 19.1. The minimum Gasteiger partial charge on any atom is -0.366 e. The van der Waals surface area contributed by atoms with Crippen molar-refractivity contribution in [2.75, 3.05) is 17.2 Å². The number of benzene rings is 1. The van der Waals surface area contributed by atoms with Crippen LogP contribution in [0.4, 0.5) is 21.8 Å². The number of aromatic nitrogens is 2. The molecule has 1 aromatic carbocycles. The molecule has 1 heterocycles. The standard InChI is InChI=1S/C13H13FN4/c1-2-8-15-12-7-9-16-13(18-12)17-11-5-3-10(14)4-6-11/h2-7,9H,1,8H2,(H2,15,16,17,18). The Morgan fingerprint density at radius 2 is 2.00 bits per heavy atom. The van der Waals surface area contributed by atoms with E-state index in [1.165, 1.54) is 12.1 Å². The van der Waals surface area contributed by atoms with Crippen LogP contribution in [0, 0.1) is 5.82 Å². The fourth-order valence-electron chi connectivity index (χ4n) is 1.36. The summed E-state index contributed by atoms with van der Waals surface area (Å²) < 4.78 is 12.8. The first-order valence-corrected chi connectivity index (χ1v) is 5.48. The molecule has 2 aromatic rings. The molecule has 0 aliphatic carbocycles. The third-order valence-corrected chi connectivity index (χ3v) is 2.18. The van der Waals surface area contributed by atoms with Gasteiger partial charge >= 0.3 is 0 Å². The first-order valence-electron chi connectivity index (χ1n) is 5.48. The predicted octanol–water partition coefficient (Wildman–Crippen LogP) is 2.96. The lowest BCUT2D eigenvalue weighted by molar-refractivity contribution is 0.628. The summed E-state index contributed by atoms with van der Waals surface area (Å²) in [5.74, 6) is 0.882. The molecule has 0 spiro atoms. The minimum atomic E-state index is -0.275. The Balaban J connectivity index is 2.08. The number of anilines is 3. The predicted molar refractivity (Wildman–Crippen MR) is 70.4 cm³/mol. The van der Waals surface area contributed by atoms with Gasteiger partial charge in [0.05, 0.1) is 0 Å². The van der Waals surface area contributed by atoms with E-state index in [0.717, 1.165) is 5.69 Å². The van der Waals surface area contributed by atoms with Gasteiger partial charge in [0.25, 0.3) is 0 Å². The number of hydrogen-bond donors (Lipinski definition) is 2. The summed E-state index contributed by atoms with van der Waals surface area (Å²) >= 11 is 0. The van der Waals surface area contributed by atoms with Gasteiger partial charge in [-0.15, -0.1) is 6.58 Å². The van der Waals surface area contributed by atoms with Crippen molar-refractivity contribution in [1.29, 1.82) is 0 Å². The first-order chi connectivity index (χ1) is 8.78. The second kappa shape index (κ2) is 5.77. The van der Waals surface area contributed by atoms with Crippen molar-refractivity contribution in [3.05, 3.63) is 55.0 Å². The zero-order valence-electron chi connectivity index (χ0n) is 9.73. The maximum Gasteiger partial charge on any atom is 0.229 e. The molecule has 2 rings (SSSR count). The molecule has 0 aliphatic heterocycles. The largest absolute Gasteiger partial charge is 0.366 e. The Kier molecular flexibility index (Phi) is 3.86. The van der Waals surface area contributed by atoms with Crippen LogP contribution in [0.5, 0.6) is 0 Å². The summed E-state index contributed by atoms with van der Waals surface area (Å²) in [7, 11) is 0. The Morgan fingerprint density at radius 3 is 2.72 bits per heavy atom. The molecule has 92 valence electrons. The average molecular weight is 244 g/mol. The van der Waals surface area contributed by atoms with E-state index < -0.39 is 0 Å². The highest BCUT2D eigenvalue weighted by Crippen LogP contribution is 2.14. The molecule has 0 amide bonds. The maximum absolute atomic E-state index is 12.8. The maximum atomic E-state index is 12.8. The van der Waals surface area contributed by atoms with E-state index in [0.29, 0.717) is 18.3 Å². The highest BCUT2D eigenvalue weighted by Gasteiger charge is 1.99. The third kappa shape index (κ3) is 3.28. The summed E-state index contributed by atoms with van der Waals surface area (Å²) in [6.45, 7) is 4.25. The van der Waals surface area contributed by atoms with E-state index in [1.54, 1.807) is 30.5 Å². The SMILES string of the molecule is C=CCNc1ccnc(Nc2ccc(F)cc2)n1.